The predicted octanol–water partition coefficient (Wildman–Crippen LogP) is 3.75. The number of urea groups is 1. The molecule has 0 radical (unpaired) electrons. The average molecular weight is 374 g/mol. The maximum absolute atomic E-state index is 12.7. The maximum Gasteiger partial charge on any atom is 0.321 e. The van der Waals surface area contributed by atoms with Gasteiger partial charge in [0.2, 0.25) is 0 Å². The zero-order valence-electron chi connectivity index (χ0n) is 17.4. The third-order valence-corrected chi connectivity index (χ3v) is 5.77. The Bertz CT molecular complexity index is 616. The fraction of sp³-hybridized carbons (Fsp3) is 0.762. The fourth-order valence-electron chi connectivity index (χ4n) is 3.99. The molecule has 0 saturated carbocycles. The van der Waals surface area contributed by atoms with Crippen LogP contribution >= 0.6 is 0 Å². The molecule has 27 heavy (non-hydrogen) atoms. The van der Waals surface area contributed by atoms with Gasteiger partial charge in [-0.1, -0.05) is 27.7 Å². The molecule has 2 fully saturated rings. The molecular formula is C21H35N5O. The molecular weight excluding hydrogens is 338 g/mol. The molecule has 0 aliphatic carbocycles. The Kier molecular flexibility index (Phi) is 6.35. The van der Waals surface area contributed by atoms with Crippen molar-refractivity contribution >= 4 is 11.7 Å². The normalized spacial score (nSPS) is 22.7. The lowest BCUT2D eigenvalue weighted by Gasteiger charge is -2.37. The molecule has 0 bridgehead atoms. The second-order valence-electron chi connectivity index (χ2n) is 9.41. The number of piperidine rings is 2. The molecule has 2 saturated heterocycles. The lowest BCUT2D eigenvalue weighted by Crippen LogP contribution is -2.46. The van der Waals surface area contributed by atoms with E-state index < -0.39 is 0 Å². The molecule has 6 nitrogen and oxygen atoms in total. The number of likely N-dealkylation sites (tertiary alicyclic amines) is 2. The number of carbonyl (C=O) groups excluding carboxylic acids is 1. The van der Waals surface area contributed by atoms with Crippen LogP contribution in [0.1, 0.15) is 59.2 Å². The van der Waals surface area contributed by atoms with Gasteiger partial charge in [0, 0.05) is 25.0 Å². The van der Waals surface area contributed by atoms with Crippen LogP contribution in [0.4, 0.5) is 10.5 Å². The van der Waals surface area contributed by atoms with Crippen LogP contribution in [-0.4, -0.2) is 58.5 Å². The van der Waals surface area contributed by atoms with E-state index in [0.717, 1.165) is 37.8 Å². The summed E-state index contributed by atoms with van der Waals surface area (Å²) in [5, 5.41) is 2.97. The molecule has 0 aromatic carbocycles. The molecule has 2 amide bonds. The minimum atomic E-state index is -0.0884. The molecule has 2 aliphatic heterocycles. The highest BCUT2D eigenvalue weighted by molar-refractivity contribution is 5.89. The summed E-state index contributed by atoms with van der Waals surface area (Å²) in [6.07, 6.45) is 8.34. The second-order valence-corrected chi connectivity index (χ2v) is 9.41. The molecule has 0 spiro atoms. The van der Waals surface area contributed by atoms with Crippen LogP contribution in [-0.2, 0) is 5.41 Å². The van der Waals surface area contributed by atoms with Gasteiger partial charge in [-0.05, 0) is 50.6 Å². The van der Waals surface area contributed by atoms with E-state index in [1.807, 2.05) is 4.90 Å². The van der Waals surface area contributed by atoms with Crippen LogP contribution in [0.5, 0.6) is 0 Å². The van der Waals surface area contributed by atoms with Gasteiger partial charge in [0.25, 0.3) is 0 Å². The third-order valence-electron chi connectivity index (χ3n) is 5.77. The first-order chi connectivity index (χ1) is 12.8. The van der Waals surface area contributed by atoms with Crippen LogP contribution in [0.3, 0.4) is 0 Å². The summed E-state index contributed by atoms with van der Waals surface area (Å²) in [6, 6.07) is -0.0286. The number of hydrogen-bond acceptors (Lipinski definition) is 4. The number of hydrogen-bond donors (Lipinski definition) is 1. The molecule has 3 heterocycles. The predicted molar refractivity (Wildman–Crippen MR) is 109 cm³/mol. The van der Waals surface area contributed by atoms with Crippen molar-refractivity contribution in [1.82, 2.24) is 19.8 Å². The summed E-state index contributed by atoms with van der Waals surface area (Å²) < 4.78 is 0. The lowest BCUT2D eigenvalue weighted by atomic mass is 9.94. The Balaban J connectivity index is 1.50. The minimum absolute atomic E-state index is 0.0286. The van der Waals surface area contributed by atoms with Crippen LogP contribution < -0.4 is 5.32 Å². The summed E-state index contributed by atoms with van der Waals surface area (Å²) in [4.78, 5) is 26.0. The molecule has 1 aromatic heterocycles. The number of aromatic nitrogens is 2. The van der Waals surface area contributed by atoms with Gasteiger partial charge in [-0.3, -0.25) is 0 Å². The molecule has 1 atom stereocenters. The van der Waals surface area contributed by atoms with Crippen LogP contribution in [0.15, 0.2) is 12.4 Å². The standard InChI is InChI=1S/C21H35N5O/c1-16-7-10-25(11-8-16)14-17-6-5-9-26(15-17)20(27)24-18-12-22-19(23-13-18)21(2,3)4/h12-13,16-17H,5-11,14-15H2,1-4H3,(H,24,27). The van der Waals surface area contributed by atoms with Crippen LogP contribution in [0.2, 0.25) is 0 Å². The van der Waals surface area contributed by atoms with Crippen LogP contribution in [0, 0.1) is 11.8 Å². The Morgan fingerprint density at radius 1 is 1.15 bits per heavy atom. The van der Waals surface area contributed by atoms with E-state index in [2.05, 4.69) is 47.9 Å². The number of nitrogens with zero attached hydrogens (tertiary/aromatic N) is 4. The van der Waals surface area contributed by atoms with E-state index in [1.54, 1.807) is 12.4 Å². The van der Waals surface area contributed by atoms with Crippen molar-refractivity contribution in [2.45, 2.75) is 58.8 Å². The Morgan fingerprint density at radius 2 is 1.81 bits per heavy atom. The summed E-state index contributed by atoms with van der Waals surface area (Å²) in [5.41, 5.74) is 0.578. The van der Waals surface area contributed by atoms with E-state index in [-0.39, 0.29) is 11.4 Å². The summed E-state index contributed by atoms with van der Waals surface area (Å²) in [6.45, 7) is 13.8. The largest absolute Gasteiger partial charge is 0.324 e. The number of anilines is 1. The Labute approximate surface area is 163 Å². The molecule has 6 heteroatoms. The molecule has 1 aromatic rings. The second kappa shape index (κ2) is 8.55. The molecule has 1 unspecified atom stereocenters. The van der Waals surface area contributed by atoms with E-state index in [1.165, 1.54) is 32.4 Å². The SMILES string of the molecule is CC1CCN(CC2CCCN(C(=O)Nc3cnc(C(C)(C)C)nc3)C2)CC1. The van der Waals surface area contributed by atoms with E-state index in [9.17, 15) is 4.79 Å². The van der Waals surface area contributed by atoms with Crippen molar-refractivity contribution in [2.24, 2.45) is 11.8 Å². The number of nitrogens with one attached hydrogen (secondary N) is 1. The molecule has 3 rings (SSSR count). The van der Waals surface area contributed by atoms with Crippen molar-refractivity contribution in [1.29, 1.82) is 0 Å². The monoisotopic (exact) mass is 373 g/mol. The van der Waals surface area contributed by atoms with Gasteiger partial charge >= 0.3 is 6.03 Å². The van der Waals surface area contributed by atoms with Gasteiger partial charge < -0.3 is 15.1 Å². The highest BCUT2D eigenvalue weighted by Crippen LogP contribution is 2.23. The van der Waals surface area contributed by atoms with Gasteiger partial charge in [0.05, 0.1) is 18.1 Å². The first kappa shape index (κ1) is 20.1. The number of carbonyl (C=O) groups is 1. The first-order valence-corrected chi connectivity index (χ1v) is 10.4. The van der Waals surface area contributed by atoms with Crippen molar-refractivity contribution in [2.75, 3.05) is 38.0 Å². The van der Waals surface area contributed by atoms with Crippen molar-refractivity contribution in [3.63, 3.8) is 0 Å². The van der Waals surface area contributed by atoms with Crippen LogP contribution in [0.25, 0.3) is 0 Å². The minimum Gasteiger partial charge on any atom is -0.324 e. The topological polar surface area (TPSA) is 61.4 Å². The van der Waals surface area contributed by atoms with Crippen molar-refractivity contribution < 1.29 is 4.79 Å². The van der Waals surface area contributed by atoms with Gasteiger partial charge in [-0.15, -0.1) is 0 Å². The summed E-state index contributed by atoms with van der Waals surface area (Å²) >= 11 is 0. The Morgan fingerprint density at radius 3 is 2.44 bits per heavy atom. The van der Waals surface area contributed by atoms with Gasteiger partial charge in [-0.2, -0.15) is 0 Å². The molecule has 150 valence electrons. The molecule has 1 N–H and O–H groups in total. The third kappa shape index (κ3) is 5.64. The summed E-state index contributed by atoms with van der Waals surface area (Å²) in [5.74, 6) is 2.23. The smallest absolute Gasteiger partial charge is 0.321 e. The summed E-state index contributed by atoms with van der Waals surface area (Å²) in [7, 11) is 0. The number of rotatable bonds is 3. The Hall–Kier alpha value is -1.69. The lowest BCUT2D eigenvalue weighted by molar-refractivity contribution is 0.124. The van der Waals surface area contributed by atoms with Crippen molar-refractivity contribution in [3.8, 4) is 0 Å². The fourth-order valence-corrected chi connectivity index (χ4v) is 3.99. The highest BCUT2D eigenvalue weighted by Gasteiger charge is 2.26. The highest BCUT2D eigenvalue weighted by atomic mass is 16.2. The van der Waals surface area contributed by atoms with E-state index in [0.29, 0.717) is 11.6 Å². The quantitative estimate of drug-likeness (QED) is 0.876. The van der Waals surface area contributed by atoms with Gasteiger partial charge in [0.15, 0.2) is 0 Å². The first-order valence-electron chi connectivity index (χ1n) is 10.4. The van der Waals surface area contributed by atoms with E-state index >= 15 is 0 Å². The molecule has 2 aliphatic rings. The average Bonchev–Trinajstić information content (AvgIpc) is 2.63. The van der Waals surface area contributed by atoms with E-state index in [4.69, 9.17) is 0 Å². The van der Waals surface area contributed by atoms with Crippen molar-refractivity contribution in [3.05, 3.63) is 18.2 Å². The zero-order valence-corrected chi connectivity index (χ0v) is 17.4. The van der Waals surface area contributed by atoms with Gasteiger partial charge in [0.1, 0.15) is 5.82 Å². The zero-order chi connectivity index (χ0) is 19.4. The maximum atomic E-state index is 12.7. The number of amides is 2. The van der Waals surface area contributed by atoms with Gasteiger partial charge in [-0.25, -0.2) is 14.8 Å².